The largest absolute Gasteiger partial charge is 0.489 e. The van der Waals surface area contributed by atoms with Crippen LogP contribution in [0.1, 0.15) is 5.56 Å². The Kier molecular flexibility index (Phi) is 4.01. The molecule has 0 fully saturated rings. The van der Waals surface area contributed by atoms with Crippen molar-refractivity contribution in [3.63, 3.8) is 0 Å². The van der Waals surface area contributed by atoms with E-state index in [1.165, 1.54) is 12.1 Å². The molecule has 1 nitrogen and oxygen atoms in total. The fraction of sp³-hybridized carbons (Fsp3) is 0.273. The first-order chi connectivity index (χ1) is 6.63. The van der Waals surface area contributed by atoms with Gasteiger partial charge in [0.15, 0.2) is 0 Å². The Morgan fingerprint density at radius 3 is 2.86 bits per heavy atom. The average Bonchev–Trinajstić information content (AvgIpc) is 2.16. The smallest absolute Gasteiger partial charge is 0.123 e. The summed E-state index contributed by atoms with van der Waals surface area (Å²) in [7, 11) is 0. The molecule has 0 heterocycles. The second kappa shape index (κ2) is 5.05. The fourth-order valence-electron chi connectivity index (χ4n) is 1.00. The molecule has 1 aromatic carbocycles. The highest BCUT2D eigenvalue weighted by Gasteiger charge is 2.01. The average molecular weight is 212 g/mol. The topological polar surface area (TPSA) is 9.23 Å². The van der Waals surface area contributed by atoms with Gasteiger partial charge < -0.3 is 4.74 Å². The van der Waals surface area contributed by atoms with Crippen LogP contribution in [0.15, 0.2) is 30.4 Å². The maximum Gasteiger partial charge on any atom is 0.123 e. The Hall–Kier alpha value is -0.960. The summed E-state index contributed by atoms with van der Waals surface area (Å²) >= 11 is 4.06. The van der Waals surface area contributed by atoms with Crippen LogP contribution in [0.25, 0.3) is 0 Å². The quantitative estimate of drug-likeness (QED) is 0.596. The maximum atomic E-state index is 12.7. The van der Waals surface area contributed by atoms with E-state index >= 15 is 0 Å². The number of benzene rings is 1. The molecule has 0 saturated heterocycles. The molecule has 0 unspecified atom stereocenters. The van der Waals surface area contributed by atoms with Gasteiger partial charge in [0.05, 0.1) is 0 Å². The monoisotopic (exact) mass is 212 g/mol. The number of rotatable bonds is 4. The lowest BCUT2D eigenvalue weighted by atomic mass is 10.2. The van der Waals surface area contributed by atoms with Crippen LogP contribution >= 0.6 is 12.6 Å². The molecule has 0 atom stereocenters. The SMILES string of the molecule is C=C(CS)COc1ccc(F)cc1C. The molecule has 3 heteroatoms. The minimum absolute atomic E-state index is 0.247. The molecule has 0 amide bonds. The van der Waals surface area contributed by atoms with E-state index < -0.39 is 0 Å². The first kappa shape index (κ1) is 11.1. The second-order valence-electron chi connectivity index (χ2n) is 3.11. The lowest BCUT2D eigenvalue weighted by Crippen LogP contribution is -2.02. The van der Waals surface area contributed by atoms with Crippen LogP contribution < -0.4 is 4.74 Å². The van der Waals surface area contributed by atoms with E-state index in [4.69, 9.17) is 4.74 Å². The summed E-state index contributed by atoms with van der Waals surface area (Å²) < 4.78 is 18.2. The number of thiol groups is 1. The molecule has 1 aromatic rings. The predicted octanol–water partition coefficient (Wildman–Crippen LogP) is 3.00. The molecule has 1 rings (SSSR count). The number of ether oxygens (including phenoxy) is 1. The van der Waals surface area contributed by atoms with Crippen molar-refractivity contribution in [2.45, 2.75) is 6.92 Å². The second-order valence-corrected chi connectivity index (χ2v) is 3.42. The van der Waals surface area contributed by atoms with Gasteiger partial charge in [-0.1, -0.05) is 6.58 Å². The van der Waals surface area contributed by atoms with Crippen molar-refractivity contribution in [3.8, 4) is 5.75 Å². The normalized spacial score (nSPS) is 9.93. The molecule has 0 radical (unpaired) electrons. The van der Waals surface area contributed by atoms with Gasteiger partial charge in [-0.05, 0) is 36.3 Å². The zero-order chi connectivity index (χ0) is 10.6. The van der Waals surface area contributed by atoms with E-state index in [9.17, 15) is 4.39 Å². The van der Waals surface area contributed by atoms with Crippen LogP contribution in [0, 0.1) is 12.7 Å². The number of aryl methyl sites for hydroxylation is 1. The van der Waals surface area contributed by atoms with Crippen LogP contribution in [0.5, 0.6) is 5.75 Å². The molecular formula is C11H13FOS. The summed E-state index contributed by atoms with van der Waals surface area (Å²) in [6, 6.07) is 4.45. The van der Waals surface area contributed by atoms with Crippen molar-refractivity contribution in [1.29, 1.82) is 0 Å². The Labute approximate surface area is 89.0 Å². The van der Waals surface area contributed by atoms with Gasteiger partial charge >= 0.3 is 0 Å². The summed E-state index contributed by atoms with van der Waals surface area (Å²) in [6.07, 6.45) is 0. The predicted molar refractivity (Wildman–Crippen MR) is 59.6 cm³/mol. The molecule has 0 bridgehead atoms. The molecule has 0 aliphatic heterocycles. The van der Waals surface area contributed by atoms with Gasteiger partial charge in [0.1, 0.15) is 18.2 Å². The summed E-state index contributed by atoms with van der Waals surface area (Å²) in [5.74, 6) is 1.04. The summed E-state index contributed by atoms with van der Waals surface area (Å²) in [4.78, 5) is 0. The Balaban J connectivity index is 2.63. The van der Waals surface area contributed by atoms with Gasteiger partial charge in [0, 0.05) is 5.75 Å². The molecular weight excluding hydrogens is 199 g/mol. The van der Waals surface area contributed by atoms with Crippen molar-refractivity contribution in [3.05, 3.63) is 41.7 Å². The summed E-state index contributed by atoms with van der Waals surface area (Å²) in [6.45, 7) is 5.99. The highest BCUT2D eigenvalue weighted by Crippen LogP contribution is 2.18. The zero-order valence-corrected chi connectivity index (χ0v) is 8.98. The molecule has 14 heavy (non-hydrogen) atoms. The van der Waals surface area contributed by atoms with Crippen LogP contribution in [0.3, 0.4) is 0 Å². The first-order valence-electron chi connectivity index (χ1n) is 4.30. The number of halogens is 1. The maximum absolute atomic E-state index is 12.7. The van der Waals surface area contributed by atoms with E-state index in [1.54, 1.807) is 6.07 Å². The third kappa shape index (κ3) is 3.07. The van der Waals surface area contributed by atoms with Crippen LogP contribution in [0.4, 0.5) is 4.39 Å². The summed E-state index contributed by atoms with van der Waals surface area (Å²) in [5, 5.41) is 0. The number of hydrogen-bond acceptors (Lipinski definition) is 2. The number of hydrogen-bond donors (Lipinski definition) is 1. The van der Waals surface area contributed by atoms with E-state index in [0.29, 0.717) is 18.1 Å². The van der Waals surface area contributed by atoms with Gasteiger partial charge in [-0.2, -0.15) is 12.6 Å². The molecule has 0 aliphatic carbocycles. The standard InChI is InChI=1S/C11H13FOS/c1-8(7-14)6-13-11-4-3-10(12)5-9(11)2/h3-5,14H,1,6-7H2,2H3. The molecule has 0 aromatic heterocycles. The molecule has 0 spiro atoms. The minimum Gasteiger partial charge on any atom is -0.489 e. The van der Waals surface area contributed by atoms with Crippen molar-refractivity contribution in [1.82, 2.24) is 0 Å². The lowest BCUT2D eigenvalue weighted by molar-refractivity contribution is 0.350. The van der Waals surface area contributed by atoms with E-state index in [1.807, 2.05) is 6.92 Å². The van der Waals surface area contributed by atoms with E-state index in [0.717, 1.165) is 11.1 Å². The van der Waals surface area contributed by atoms with E-state index in [2.05, 4.69) is 19.2 Å². The third-order valence-corrected chi connectivity index (χ3v) is 2.24. The first-order valence-corrected chi connectivity index (χ1v) is 4.93. The van der Waals surface area contributed by atoms with Crippen LogP contribution in [-0.4, -0.2) is 12.4 Å². The Bertz CT molecular complexity index is 336. The molecule has 0 saturated carbocycles. The highest BCUT2D eigenvalue weighted by molar-refractivity contribution is 7.80. The Morgan fingerprint density at radius 2 is 2.29 bits per heavy atom. The summed E-state index contributed by atoms with van der Waals surface area (Å²) in [5.41, 5.74) is 1.69. The van der Waals surface area contributed by atoms with Crippen molar-refractivity contribution >= 4 is 12.6 Å². The van der Waals surface area contributed by atoms with Crippen LogP contribution in [-0.2, 0) is 0 Å². The van der Waals surface area contributed by atoms with Crippen molar-refractivity contribution < 1.29 is 9.13 Å². The van der Waals surface area contributed by atoms with Crippen LogP contribution in [0.2, 0.25) is 0 Å². The van der Waals surface area contributed by atoms with Crippen molar-refractivity contribution in [2.24, 2.45) is 0 Å². The fourth-order valence-corrected chi connectivity index (χ4v) is 1.09. The minimum atomic E-state index is -0.247. The van der Waals surface area contributed by atoms with Gasteiger partial charge in [0.25, 0.3) is 0 Å². The highest BCUT2D eigenvalue weighted by atomic mass is 32.1. The zero-order valence-electron chi connectivity index (χ0n) is 8.09. The molecule has 76 valence electrons. The van der Waals surface area contributed by atoms with E-state index in [-0.39, 0.29) is 5.82 Å². The lowest BCUT2D eigenvalue weighted by Gasteiger charge is -2.09. The van der Waals surface area contributed by atoms with Gasteiger partial charge in [-0.3, -0.25) is 0 Å². The third-order valence-electron chi connectivity index (χ3n) is 1.79. The molecule has 0 aliphatic rings. The van der Waals surface area contributed by atoms with Gasteiger partial charge in [0.2, 0.25) is 0 Å². The molecule has 0 N–H and O–H groups in total. The van der Waals surface area contributed by atoms with Crippen molar-refractivity contribution in [2.75, 3.05) is 12.4 Å². The van der Waals surface area contributed by atoms with Gasteiger partial charge in [-0.25, -0.2) is 4.39 Å². The van der Waals surface area contributed by atoms with Gasteiger partial charge in [-0.15, -0.1) is 0 Å². The Morgan fingerprint density at radius 1 is 1.57 bits per heavy atom.